The summed E-state index contributed by atoms with van der Waals surface area (Å²) in [5.41, 5.74) is 2.28. The van der Waals surface area contributed by atoms with Crippen molar-refractivity contribution in [2.24, 2.45) is 0 Å². The van der Waals surface area contributed by atoms with Crippen LogP contribution in [0.4, 0.5) is 0 Å². The molecule has 3 rings (SSSR count). The highest BCUT2D eigenvalue weighted by molar-refractivity contribution is 7.92. The van der Waals surface area contributed by atoms with Gasteiger partial charge in [-0.05, 0) is 51.0 Å². The van der Waals surface area contributed by atoms with E-state index in [1.807, 2.05) is 13.8 Å². The van der Waals surface area contributed by atoms with Gasteiger partial charge in [0.1, 0.15) is 4.90 Å². The average Bonchev–Trinajstić information content (AvgIpc) is 3.09. The molecule has 29 heavy (non-hydrogen) atoms. The van der Waals surface area contributed by atoms with Crippen LogP contribution in [-0.2, 0) is 32.7 Å². The molecular weight excluding hydrogens is 408 g/mol. The van der Waals surface area contributed by atoms with Crippen molar-refractivity contribution >= 4 is 19.9 Å². The summed E-state index contributed by atoms with van der Waals surface area (Å²) in [4.78, 5) is 0.184. The Morgan fingerprint density at radius 2 is 1.24 bits per heavy atom. The number of benzene rings is 2. The third kappa shape index (κ3) is 3.74. The number of sulfone groups is 1. The number of aromatic nitrogens is 2. The molecule has 0 unspecified atom stereocenters. The molecule has 1 heterocycles. The van der Waals surface area contributed by atoms with E-state index in [1.54, 1.807) is 38.1 Å². The van der Waals surface area contributed by atoms with Gasteiger partial charge < -0.3 is 0 Å². The summed E-state index contributed by atoms with van der Waals surface area (Å²) in [6, 6.07) is 12.9. The van der Waals surface area contributed by atoms with E-state index in [0.717, 1.165) is 15.2 Å². The molecule has 0 fully saturated rings. The maximum Gasteiger partial charge on any atom is 0.283 e. The Bertz CT molecular complexity index is 1240. The smallest absolute Gasteiger partial charge is 0.218 e. The van der Waals surface area contributed by atoms with Gasteiger partial charge in [0.05, 0.1) is 21.2 Å². The van der Waals surface area contributed by atoms with Crippen LogP contribution in [0.1, 0.15) is 36.4 Å². The van der Waals surface area contributed by atoms with Gasteiger partial charge in [-0.25, -0.2) is 8.42 Å². The highest BCUT2D eigenvalue weighted by Gasteiger charge is 2.33. The molecule has 0 aliphatic heterocycles. The Morgan fingerprint density at radius 1 is 0.759 bits per heavy atom. The average molecular weight is 433 g/mol. The topological polar surface area (TPSA) is 86.1 Å². The molecule has 0 bridgehead atoms. The Hall–Kier alpha value is -2.45. The summed E-state index contributed by atoms with van der Waals surface area (Å²) in [7, 11) is -7.94. The molecule has 0 saturated carbocycles. The van der Waals surface area contributed by atoms with Crippen LogP contribution in [-0.4, -0.2) is 26.0 Å². The van der Waals surface area contributed by atoms with E-state index in [1.165, 1.54) is 24.3 Å². The Kier molecular flexibility index (Phi) is 5.69. The van der Waals surface area contributed by atoms with Gasteiger partial charge in [-0.15, -0.1) is 0 Å². The second-order valence-electron chi connectivity index (χ2n) is 6.91. The lowest BCUT2D eigenvalue weighted by Gasteiger charge is -2.10. The molecule has 0 spiro atoms. The fourth-order valence-electron chi connectivity index (χ4n) is 3.15. The molecule has 0 atom stereocenters. The van der Waals surface area contributed by atoms with Gasteiger partial charge in [0.25, 0.3) is 10.0 Å². The van der Waals surface area contributed by atoms with Gasteiger partial charge in [0, 0.05) is 0 Å². The van der Waals surface area contributed by atoms with Crippen LogP contribution in [0.3, 0.4) is 0 Å². The van der Waals surface area contributed by atoms with Crippen molar-refractivity contribution in [1.29, 1.82) is 0 Å². The molecule has 8 heteroatoms. The van der Waals surface area contributed by atoms with Gasteiger partial charge in [-0.2, -0.15) is 17.6 Å². The minimum atomic E-state index is -4.02. The van der Waals surface area contributed by atoms with Crippen LogP contribution in [0.2, 0.25) is 0 Å². The van der Waals surface area contributed by atoms with Gasteiger partial charge >= 0.3 is 0 Å². The Labute approximate surface area is 172 Å². The van der Waals surface area contributed by atoms with Crippen molar-refractivity contribution in [3.8, 4) is 0 Å². The fraction of sp³-hybridized carbons (Fsp3) is 0.286. The third-order valence-electron chi connectivity index (χ3n) is 4.78. The Morgan fingerprint density at radius 3 is 1.69 bits per heavy atom. The van der Waals surface area contributed by atoms with Crippen LogP contribution in [0, 0.1) is 13.8 Å². The summed E-state index contributed by atoms with van der Waals surface area (Å²) in [6.45, 7) is 7.23. The molecule has 0 aliphatic carbocycles. The SMILES string of the molecule is CCc1nn(S(=O)(=O)c2ccc(C)cc2)c(CC)c1S(=O)(=O)c1ccc(C)cc1. The second kappa shape index (κ2) is 7.76. The predicted molar refractivity (Wildman–Crippen MR) is 111 cm³/mol. The quantitative estimate of drug-likeness (QED) is 0.593. The zero-order valence-electron chi connectivity index (χ0n) is 16.9. The summed E-state index contributed by atoms with van der Waals surface area (Å²) >= 11 is 0. The number of hydrogen-bond acceptors (Lipinski definition) is 5. The molecule has 1 aromatic heterocycles. The van der Waals surface area contributed by atoms with Crippen molar-refractivity contribution < 1.29 is 16.8 Å². The van der Waals surface area contributed by atoms with E-state index in [9.17, 15) is 16.8 Å². The largest absolute Gasteiger partial charge is 0.283 e. The highest BCUT2D eigenvalue weighted by atomic mass is 32.2. The van der Waals surface area contributed by atoms with E-state index in [2.05, 4.69) is 5.10 Å². The van der Waals surface area contributed by atoms with Crippen LogP contribution < -0.4 is 0 Å². The molecular formula is C21H24N2O4S2. The lowest BCUT2D eigenvalue weighted by atomic mass is 10.2. The summed E-state index contributed by atoms with van der Waals surface area (Å²) in [5, 5.41) is 4.23. The van der Waals surface area contributed by atoms with Crippen molar-refractivity contribution in [3.05, 3.63) is 71.0 Å². The van der Waals surface area contributed by atoms with Gasteiger partial charge in [0.2, 0.25) is 9.84 Å². The first-order valence-electron chi connectivity index (χ1n) is 9.37. The summed E-state index contributed by atoms with van der Waals surface area (Å²) in [5.74, 6) is 0. The standard InChI is InChI=1S/C21H24N2O4S2/c1-5-19-21(28(24,25)17-11-7-15(3)8-12-17)20(6-2)23(22-19)29(26,27)18-13-9-16(4)10-14-18/h7-14H,5-6H2,1-4H3. The minimum absolute atomic E-state index is 0.0120. The van der Waals surface area contributed by atoms with Crippen LogP contribution in [0.25, 0.3) is 0 Å². The van der Waals surface area contributed by atoms with Gasteiger partial charge in [-0.1, -0.05) is 49.2 Å². The van der Waals surface area contributed by atoms with Crippen LogP contribution in [0.5, 0.6) is 0 Å². The second-order valence-corrected chi connectivity index (χ2v) is 10.6. The number of aryl methyl sites for hydroxylation is 3. The number of rotatable bonds is 6. The maximum atomic E-state index is 13.4. The molecule has 0 saturated heterocycles. The Balaban J connectivity index is 2.27. The fourth-order valence-corrected chi connectivity index (χ4v) is 6.37. The zero-order valence-corrected chi connectivity index (χ0v) is 18.5. The van der Waals surface area contributed by atoms with Gasteiger partial charge in [0.15, 0.2) is 0 Å². The summed E-state index contributed by atoms with van der Waals surface area (Å²) < 4.78 is 54.1. The monoisotopic (exact) mass is 432 g/mol. The van der Waals surface area contributed by atoms with E-state index >= 15 is 0 Å². The van der Waals surface area contributed by atoms with Crippen molar-refractivity contribution in [3.63, 3.8) is 0 Å². The maximum absolute atomic E-state index is 13.4. The van der Waals surface area contributed by atoms with Crippen LogP contribution >= 0.6 is 0 Å². The van der Waals surface area contributed by atoms with E-state index < -0.39 is 19.9 Å². The first-order chi connectivity index (χ1) is 13.6. The third-order valence-corrected chi connectivity index (χ3v) is 8.31. The molecule has 3 aromatic rings. The predicted octanol–water partition coefficient (Wildman–Crippen LogP) is 3.69. The van der Waals surface area contributed by atoms with Crippen molar-refractivity contribution in [1.82, 2.24) is 9.19 Å². The molecule has 0 aliphatic rings. The molecule has 0 N–H and O–H groups in total. The van der Waals surface area contributed by atoms with Crippen LogP contribution in [0.15, 0.2) is 63.2 Å². The zero-order chi connectivity index (χ0) is 21.4. The summed E-state index contributed by atoms with van der Waals surface area (Å²) in [6.07, 6.45) is 0.502. The van der Waals surface area contributed by atoms with Gasteiger partial charge in [-0.3, -0.25) is 0 Å². The lowest BCUT2D eigenvalue weighted by Crippen LogP contribution is -2.18. The molecule has 6 nitrogen and oxygen atoms in total. The van der Waals surface area contributed by atoms with E-state index in [4.69, 9.17) is 0 Å². The number of hydrogen-bond donors (Lipinski definition) is 0. The minimum Gasteiger partial charge on any atom is -0.218 e. The first-order valence-corrected chi connectivity index (χ1v) is 12.3. The highest BCUT2D eigenvalue weighted by Crippen LogP contribution is 2.30. The van der Waals surface area contributed by atoms with Crippen molar-refractivity contribution in [2.75, 3.05) is 0 Å². The van der Waals surface area contributed by atoms with E-state index in [0.29, 0.717) is 6.42 Å². The first kappa shape index (κ1) is 21.3. The number of nitrogens with zero attached hydrogens (tertiary/aromatic N) is 2. The molecule has 154 valence electrons. The van der Waals surface area contributed by atoms with Crippen molar-refractivity contribution in [2.45, 2.75) is 55.2 Å². The molecule has 0 amide bonds. The molecule has 2 aromatic carbocycles. The lowest BCUT2D eigenvalue weighted by molar-refractivity contribution is 0.575. The van der Waals surface area contributed by atoms with E-state index in [-0.39, 0.29) is 32.5 Å². The normalized spacial score (nSPS) is 12.3. The molecule has 0 radical (unpaired) electrons.